The molecule has 27 heavy (non-hydrogen) atoms. The second kappa shape index (κ2) is 8.77. The van der Waals surface area contributed by atoms with Crippen LogP contribution in [0.15, 0.2) is 60.7 Å². The smallest absolute Gasteiger partial charge is 0.387 e. The van der Waals surface area contributed by atoms with E-state index in [0.29, 0.717) is 6.54 Å². The van der Waals surface area contributed by atoms with Crippen molar-refractivity contribution in [3.8, 4) is 5.75 Å². The van der Waals surface area contributed by atoms with Crippen LogP contribution in [0, 0.1) is 0 Å². The van der Waals surface area contributed by atoms with Crippen LogP contribution < -0.4 is 10.1 Å². The van der Waals surface area contributed by atoms with Gasteiger partial charge in [0.25, 0.3) is 0 Å². The van der Waals surface area contributed by atoms with Crippen molar-refractivity contribution < 1.29 is 18.3 Å². The molecule has 142 valence electrons. The molecule has 0 spiro atoms. The molecule has 1 amide bonds. The van der Waals surface area contributed by atoms with Crippen molar-refractivity contribution >= 4 is 17.2 Å². The molecule has 6 heteroatoms. The molecule has 1 aliphatic rings. The van der Waals surface area contributed by atoms with E-state index in [4.69, 9.17) is 0 Å². The van der Waals surface area contributed by atoms with Crippen LogP contribution in [0.3, 0.4) is 0 Å². The number of benzene rings is 2. The highest BCUT2D eigenvalue weighted by Crippen LogP contribution is 2.27. The average molecular weight is 372 g/mol. The molecule has 1 atom stereocenters. The van der Waals surface area contributed by atoms with Gasteiger partial charge in [0.1, 0.15) is 5.75 Å². The molecule has 0 saturated carbocycles. The van der Waals surface area contributed by atoms with Crippen LogP contribution in [0.4, 0.5) is 14.5 Å². The molecule has 0 saturated heterocycles. The van der Waals surface area contributed by atoms with Gasteiger partial charge in [-0.1, -0.05) is 48.5 Å². The van der Waals surface area contributed by atoms with Gasteiger partial charge >= 0.3 is 6.61 Å². The molecule has 0 aliphatic carbocycles. The predicted octanol–water partition coefficient (Wildman–Crippen LogP) is 4.40. The van der Waals surface area contributed by atoms with Gasteiger partial charge in [-0.05, 0) is 36.6 Å². The molecule has 4 nitrogen and oxygen atoms in total. The number of hydrogen-bond donors (Lipinski definition) is 1. The number of alkyl halides is 2. The number of ether oxygens (including phenoxy) is 1. The maximum Gasteiger partial charge on any atom is 0.387 e. The Balaban J connectivity index is 1.63. The second-order valence-corrected chi connectivity index (χ2v) is 6.38. The number of hydrogen-bond acceptors (Lipinski definition) is 3. The lowest BCUT2D eigenvalue weighted by molar-refractivity contribution is -0.120. The predicted molar refractivity (Wildman–Crippen MR) is 102 cm³/mol. The number of amides is 1. The highest BCUT2D eigenvalue weighted by Gasteiger charge is 2.24. The van der Waals surface area contributed by atoms with Crippen LogP contribution in [-0.4, -0.2) is 36.5 Å². The van der Waals surface area contributed by atoms with E-state index in [-0.39, 0.29) is 17.3 Å². The summed E-state index contributed by atoms with van der Waals surface area (Å²) >= 11 is 0. The molecule has 0 aromatic heterocycles. The topological polar surface area (TPSA) is 41.6 Å². The summed E-state index contributed by atoms with van der Waals surface area (Å²) in [5, 5.41) is 2.70. The first-order valence-corrected chi connectivity index (χ1v) is 8.88. The van der Waals surface area contributed by atoms with E-state index in [1.807, 2.05) is 25.1 Å². The summed E-state index contributed by atoms with van der Waals surface area (Å²) in [4.78, 5) is 14.6. The van der Waals surface area contributed by atoms with Crippen LogP contribution in [0.5, 0.6) is 5.75 Å². The zero-order valence-corrected chi connectivity index (χ0v) is 15.1. The standard InChI is InChI=1S/C21H22F2N2O2/c1-15(20(26)24-18-9-5-6-10-19(18)27-21(22)23)25-13-11-17(12-14-25)16-7-3-2-4-8-16/h2-11,15,21H,12-14H2,1H3,(H,24,26)/t15-/m0/s1. The highest BCUT2D eigenvalue weighted by molar-refractivity contribution is 5.95. The third-order valence-corrected chi connectivity index (χ3v) is 4.67. The Labute approximate surface area is 157 Å². The SMILES string of the molecule is C[C@@H](C(=O)Nc1ccccc1OC(F)F)N1CC=C(c2ccccc2)CC1. The van der Waals surface area contributed by atoms with E-state index in [0.717, 1.165) is 13.0 Å². The first kappa shape index (κ1) is 19.0. The quantitative estimate of drug-likeness (QED) is 0.817. The molecule has 0 bridgehead atoms. The number of anilines is 1. The molecular weight excluding hydrogens is 350 g/mol. The minimum atomic E-state index is -2.94. The third-order valence-electron chi connectivity index (χ3n) is 4.67. The molecule has 1 N–H and O–H groups in total. The van der Waals surface area contributed by atoms with Gasteiger partial charge < -0.3 is 10.1 Å². The lowest BCUT2D eigenvalue weighted by Gasteiger charge is -2.31. The molecule has 0 radical (unpaired) electrons. The maximum atomic E-state index is 12.6. The van der Waals surface area contributed by atoms with E-state index in [1.165, 1.54) is 17.2 Å². The Morgan fingerprint density at radius 3 is 2.48 bits per heavy atom. The fourth-order valence-corrected chi connectivity index (χ4v) is 3.12. The first-order valence-electron chi connectivity index (χ1n) is 8.88. The van der Waals surface area contributed by atoms with Gasteiger partial charge in [-0.15, -0.1) is 0 Å². The zero-order chi connectivity index (χ0) is 19.2. The van der Waals surface area contributed by atoms with E-state index in [9.17, 15) is 13.6 Å². The molecule has 1 aliphatic heterocycles. The molecule has 0 unspecified atom stereocenters. The van der Waals surface area contributed by atoms with Crippen LogP contribution in [0.2, 0.25) is 0 Å². The van der Waals surface area contributed by atoms with Crippen molar-refractivity contribution in [1.29, 1.82) is 0 Å². The summed E-state index contributed by atoms with van der Waals surface area (Å²) < 4.78 is 29.5. The van der Waals surface area contributed by atoms with Crippen molar-refractivity contribution in [1.82, 2.24) is 4.90 Å². The van der Waals surface area contributed by atoms with Gasteiger partial charge in [0.15, 0.2) is 0 Å². The Hall–Kier alpha value is -2.73. The number of rotatable bonds is 6. The van der Waals surface area contributed by atoms with Crippen molar-refractivity contribution in [2.75, 3.05) is 18.4 Å². The van der Waals surface area contributed by atoms with Crippen molar-refractivity contribution in [2.45, 2.75) is 26.0 Å². The summed E-state index contributed by atoms with van der Waals surface area (Å²) in [6.45, 7) is 0.287. The number of para-hydroxylation sites is 2. The zero-order valence-electron chi connectivity index (χ0n) is 15.1. The number of nitrogens with zero attached hydrogens (tertiary/aromatic N) is 1. The van der Waals surface area contributed by atoms with Gasteiger partial charge in [-0.25, -0.2) is 0 Å². The molecule has 0 fully saturated rings. The number of carbonyl (C=O) groups excluding carboxylic acids is 1. The van der Waals surface area contributed by atoms with Crippen LogP contribution in [0.25, 0.3) is 5.57 Å². The largest absolute Gasteiger partial charge is 0.433 e. The van der Waals surface area contributed by atoms with E-state index >= 15 is 0 Å². The highest BCUT2D eigenvalue weighted by atomic mass is 19.3. The molecule has 2 aromatic rings. The lowest BCUT2D eigenvalue weighted by Crippen LogP contribution is -2.44. The van der Waals surface area contributed by atoms with Gasteiger partial charge in [-0.2, -0.15) is 8.78 Å². The Kier molecular flexibility index (Phi) is 6.19. The Morgan fingerprint density at radius 2 is 1.81 bits per heavy atom. The van der Waals surface area contributed by atoms with Gasteiger partial charge in [0, 0.05) is 13.1 Å². The van der Waals surface area contributed by atoms with Crippen LogP contribution >= 0.6 is 0 Å². The maximum absolute atomic E-state index is 12.6. The second-order valence-electron chi connectivity index (χ2n) is 6.38. The van der Waals surface area contributed by atoms with Crippen LogP contribution in [0.1, 0.15) is 18.9 Å². The van der Waals surface area contributed by atoms with E-state index in [1.54, 1.807) is 18.2 Å². The fourth-order valence-electron chi connectivity index (χ4n) is 3.12. The molecule has 1 heterocycles. The first-order chi connectivity index (χ1) is 13.0. The lowest BCUT2D eigenvalue weighted by atomic mass is 9.99. The summed E-state index contributed by atoms with van der Waals surface area (Å²) in [5.74, 6) is -0.296. The monoisotopic (exact) mass is 372 g/mol. The Morgan fingerprint density at radius 1 is 1.11 bits per heavy atom. The van der Waals surface area contributed by atoms with E-state index in [2.05, 4.69) is 33.2 Å². The van der Waals surface area contributed by atoms with Gasteiger partial charge in [0.2, 0.25) is 5.91 Å². The minimum Gasteiger partial charge on any atom is -0.433 e. The summed E-state index contributed by atoms with van der Waals surface area (Å²) in [7, 11) is 0. The van der Waals surface area contributed by atoms with Crippen LogP contribution in [-0.2, 0) is 4.79 Å². The third kappa shape index (κ3) is 4.92. The number of carbonyl (C=O) groups is 1. The molecule has 3 rings (SSSR count). The summed E-state index contributed by atoms with van der Waals surface area (Å²) in [5.41, 5.74) is 2.72. The molecule has 2 aromatic carbocycles. The van der Waals surface area contributed by atoms with Crippen molar-refractivity contribution in [3.63, 3.8) is 0 Å². The fraction of sp³-hybridized carbons (Fsp3) is 0.286. The normalized spacial score (nSPS) is 15.9. The van der Waals surface area contributed by atoms with Gasteiger partial charge in [-0.3, -0.25) is 9.69 Å². The average Bonchev–Trinajstić information content (AvgIpc) is 2.69. The summed E-state index contributed by atoms with van der Waals surface area (Å²) in [6, 6.07) is 16.0. The van der Waals surface area contributed by atoms with Crippen molar-refractivity contribution in [2.24, 2.45) is 0 Å². The number of halogens is 2. The Bertz CT molecular complexity index is 809. The molecular formula is C21H22F2N2O2. The summed E-state index contributed by atoms with van der Waals surface area (Å²) in [6.07, 6.45) is 2.99. The van der Waals surface area contributed by atoms with Gasteiger partial charge in [0.05, 0.1) is 11.7 Å². The van der Waals surface area contributed by atoms with Crippen molar-refractivity contribution in [3.05, 3.63) is 66.2 Å². The number of nitrogens with one attached hydrogen (secondary N) is 1. The minimum absolute atomic E-state index is 0.0436. The van der Waals surface area contributed by atoms with E-state index < -0.39 is 12.7 Å².